The van der Waals surface area contributed by atoms with Crippen LogP contribution in [0.2, 0.25) is 5.02 Å². The highest BCUT2D eigenvalue weighted by Crippen LogP contribution is 2.27. The van der Waals surface area contributed by atoms with Crippen molar-refractivity contribution in [2.75, 3.05) is 0 Å². The fraction of sp³-hybridized carbons (Fsp3) is 0.571. The zero-order valence-electron chi connectivity index (χ0n) is 9.87. The molecule has 94 valence electrons. The molecule has 2 rings (SSSR count). The Kier molecular flexibility index (Phi) is 5.57. The number of benzene rings is 1. The van der Waals surface area contributed by atoms with Gasteiger partial charge in [-0.3, -0.25) is 0 Å². The summed E-state index contributed by atoms with van der Waals surface area (Å²) in [7, 11) is 0. The minimum absolute atomic E-state index is 0.398. The Labute approximate surface area is 122 Å². The molecule has 2 unspecified atom stereocenters. The lowest BCUT2D eigenvalue weighted by atomic mass is 10.1. The zero-order chi connectivity index (χ0) is 12.1. The molecule has 3 heteroatoms. The van der Waals surface area contributed by atoms with Crippen LogP contribution in [0.5, 0.6) is 0 Å². The van der Waals surface area contributed by atoms with Crippen molar-refractivity contribution in [1.29, 1.82) is 0 Å². The maximum absolute atomic E-state index is 6.13. The van der Waals surface area contributed by atoms with Crippen LogP contribution >= 0.6 is 34.2 Å². The summed E-state index contributed by atoms with van der Waals surface area (Å²) in [5, 5.41) is 0.811. The molecule has 1 aromatic rings. The van der Waals surface area contributed by atoms with Crippen LogP contribution in [0.25, 0.3) is 0 Å². The van der Waals surface area contributed by atoms with Crippen molar-refractivity contribution in [3.05, 3.63) is 34.9 Å². The third-order valence-electron chi connectivity index (χ3n) is 3.28. The van der Waals surface area contributed by atoms with Gasteiger partial charge < -0.3 is 4.74 Å². The maximum Gasteiger partial charge on any atom is 0.0735 e. The first kappa shape index (κ1) is 13.6. The van der Waals surface area contributed by atoms with E-state index in [1.54, 1.807) is 0 Å². The van der Waals surface area contributed by atoms with Gasteiger partial charge in [-0.1, -0.05) is 71.7 Å². The minimum atomic E-state index is 0.398. The van der Waals surface area contributed by atoms with E-state index in [0.717, 1.165) is 10.6 Å². The first-order chi connectivity index (χ1) is 8.27. The van der Waals surface area contributed by atoms with E-state index in [9.17, 15) is 0 Å². The smallest absolute Gasteiger partial charge is 0.0735 e. The van der Waals surface area contributed by atoms with Gasteiger partial charge in [0, 0.05) is 8.95 Å². The molecule has 0 heterocycles. The average molecular weight is 365 g/mol. The van der Waals surface area contributed by atoms with Gasteiger partial charge >= 0.3 is 0 Å². The minimum Gasteiger partial charge on any atom is -0.372 e. The molecule has 1 aromatic carbocycles. The van der Waals surface area contributed by atoms with Crippen molar-refractivity contribution < 1.29 is 4.74 Å². The largest absolute Gasteiger partial charge is 0.372 e. The second-order valence-corrected chi connectivity index (χ2v) is 6.60. The summed E-state index contributed by atoms with van der Waals surface area (Å²) < 4.78 is 6.70. The van der Waals surface area contributed by atoms with Crippen molar-refractivity contribution in [3.8, 4) is 0 Å². The monoisotopic (exact) mass is 364 g/mol. The van der Waals surface area contributed by atoms with Gasteiger partial charge in [0.25, 0.3) is 0 Å². The molecule has 1 fully saturated rings. The summed E-state index contributed by atoms with van der Waals surface area (Å²) in [4.78, 5) is 0. The molecule has 1 nitrogen and oxygen atoms in total. The van der Waals surface area contributed by atoms with E-state index in [0.29, 0.717) is 16.6 Å². The number of hydrogen-bond acceptors (Lipinski definition) is 1. The lowest BCUT2D eigenvalue weighted by Crippen LogP contribution is -2.22. The normalized spacial score (nSPS) is 25.5. The Morgan fingerprint density at radius 1 is 1.18 bits per heavy atom. The van der Waals surface area contributed by atoms with E-state index in [2.05, 4.69) is 22.6 Å². The number of rotatable bonds is 3. The number of hydrogen-bond donors (Lipinski definition) is 0. The van der Waals surface area contributed by atoms with Crippen molar-refractivity contribution in [2.24, 2.45) is 0 Å². The fourth-order valence-electron chi connectivity index (χ4n) is 2.23. The van der Waals surface area contributed by atoms with Crippen LogP contribution in [-0.4, -0.2) is 10.0 Å². The summed E-state index contributed by atoms with van der Waals surface area (Å²) in [6, 6.07) is 7.94. The molecule has 0 N–H and O–H groups in total. The van der Waals surface area contributed by atoms with E-state index in [4.69, 9.17) is 16.3 Å². The summed E-state index contributed by atoms with van der Waals surface area (Å²) in [5.74, 6) is 0. The van der Waals surface area contributed by atoms with Gasteiger partial charge in [-0.05, 0) is 24.5 Å². The fourth-order valence-corrected chi connectivity index (χ4v) is 3.43. The van der Waals surface area contributed by atoms with Crippen LogP contribution in [0.15, 0.2) is 24.3 Å². The van der Waals surface area contributed by atoms with Crippen molar-refractivity contribution in [1.82, 2.24) is 0 Å². The summed E-state index contributed by atoms with van der Waals surface area (Å²) in [6.45, 7) is 0.643. The molecular formula is C14H18ClIO. The second kappa shape index (κ2) is 6.95. The van der Waals surface area contributed by atoms with E-state index < -0.39 is 0 Å². The lowest BCUT2D eigenvalue weighted by molar-refractivity contribution is 0.0378. The Hall–Kier alpha value is 0.200. The first-order valence-corrected chi connectivity index (χ1v) is 7.89. The third kappa shape index (κ3) is 4.11. The maximum atomic E-state index is 6.13. The molecule has 1 aliphatic rings. The molecular weight excluding hydrogens is 347 g/mol. The molecule has 2 atom stereocenters. The highest BCUT2D eigenvalue weighted by molar-refractivity contribution is 14.1. The molecule has 1 saturated carbocycles. The quantitative estimate of drug-likeness (QED) is 0.417. The van der Waals surface area contributed by atoms with Gasteiger partial charge in [0.05, 0.1) is 12.7 Å². The van der Waals surface area contributed by atoms with E-state index in [1.165, 1.54) is 32.1 Å². The summed E-state index contributed by atoms with van der Waals surface area (Å²) in [6.07, 6.45) is 6.87. The lowest BCUT2D eigenvalue weighted by Gasteiger charge is -2.21. The zero-order valence-corrected chi connectivity index (χ0v) is 12.8. The van der Waals surface area contributed by atoms with Crippen LogP contribution in [0.1, 0.15) is 37.7 Å². The molecule has 0 spiro atoms. The molecule has 0 aromatic heterocycles. The van der Waals surface area contributed by atoms with Gasteiger partial charge in [0.2, 0.25) is 0 Å². The Morgan fingerprint density at radius 3 is 2.76 bits per heavy atom. The Balaban J connectivity index is 1.90. The molecule has 0 radical (unpaired) electrons. The topological polar surface area (TPSA) is 9.23 Å². The van der Waals surface area contributed by atoms with Crippen LogP contribution < -0.4 is 0 Å². The van der Waals surface area contributed by atoms with Gasteiger partial charge in [-0.15, -0.1) is 0 Å². The predicted molar refractivity (Wildman–Crippen MR) is 80.9 cm³/mol. The summed E-state index contributed by atoms with van der Waals surface area (Å²) >= 11 is 8.67. The van der Waals surface area contributed by atoms with Gasteiger partial charge in [-0.2, -0.15) is 0 Å². The van der Waals surface area contributed by atoms with E-state index in [-0.39, 0.29) is 0 Å². The van der Waals surface area contributed by atoms with Crippen molar-refractivity contribution >= 4 is 34.2 Å². The summed E-state index contributed by atoms with van der Waals surface area (Å²) in [5.41, 5.74) is 1.10. The van der Waals surface area contributed by atoms with Crippen LogP contribution in [0.4, 0.5) is 0 Å². The first-order valence-electron chi connectivity index (χ1n) is 6.26. The van der Waals surface area contributed by atoms with E-state index in [1.807, 2.05) is 24.3 Å². The second-order valence-electron chi connectivity index (χ2n) is 4.59. The third-order valence-corrected chi connectivity index (χ3v) is 5.08. The molecule has 0 saturated heterocycles. The van der Waals surface area contributed by atoms with Gasteiger partial charge in [0.1, 0.15) is 0 Å². The van der Waals surface area contributed by atoms with Crippen LogP contribution in [0, 0.1) is 0 Å². The highest BCUT2D eigenvalue weighted by Gasteiger charge is 2.21. The standard InChI is InChI=1S/C14H18ClIO/c15-12-7-5-4-6-11(12)10-17-14-9-3-1-2-8-13(14)16/h4-7,13-14H,1-3,8-10H2. The average Bonchev–Trinajstić information content (AvgIpc) is 2.53. The van der Waals surface area contributed by atoms with Crippen LogP contribution in [-0.2, 0) is 11.3 Å². The molecule has 0 aliphatic heterocycles. The van der Waals surface area contributed by atoms with Crippen LogP contribution in [0.3, 0.4) is 0 Å². The Bertz CT molecular complexity index is 356. The van der Waals surface area contributed by atoms with Gasteiger partial charge in [0.15, 0.2) is 0 Å². The molecule has 17 heavy (non-hydrogen) atoms. The van der Waals surface area contributed by atoms with Crippen molar-refractivity contribution in [3.63, 3.8) is 0 Å². The predicted octanol–water partition coefficient (Wildman–Crippen LogP) is 4.99. The van der Waals surface area contributed by atoms with Crippen molar-refractivity contribution in [2.45, 2.75) is 48.7 Å². The number of halogens is 2. The SMILES string of the molecule is Clc1ccccc1COC1CCCCCC1I. The van der Waals surface area contributed by atoms with E-state index >= 15 is 0 Å². The molecule has 0 amide bonds. The highest BCUT2D eigenvalue weighted by atomic mass is 127. The molecule has 1 aliphatic carbocycles. The number of ether oxygens (including phenoxy) is 1. The molecule has 0 bridgehead atoms. The van der Waals surface area contributed by atoms with Gasteiger partial charge in [-0.25, -0.2) is 0 Å². The number of alkyl halides is 1. The Morgan fingerprint density at radius 2 is 1.94 bits per heavy atom.